The number of nitrogens with zero attached hydrogens (tertiary/aromatic N) is 3. The van der Waals surface area contributed by atoms with Crippen LogP contribution in [0, 0.1) is 0 Å². The van der Waals surface area contributed by atoms with E-state index in [0.29, 0.717) is 0 Å². The molecule has 16 heavy (non-hydrogen) atoms. The molecule has 0 unspecified atom stereocenters. The van der Waals surface area contributed by atoms with Gasteiger partial charge in [-0.05, 0) is 42.5 Å². The van der Waals surface area contributed by atoms with Crippen LogP contribution in [0.2, 0.25) is 0 Å². The van der Waals surface area contributed by atoms with E-state index in [0.717, 1.165) is 30.5 Å². The highest BCUT2D eigenvalue weighted by Crippen LogP contribution is 2.24. The summed E-state index contributed by atoms with van der Waals surface area (Å²) >= 11 is 3.56. The number of halogens is 1. The number of hydrogen-bond donors (Lipinski definition) is 0. The summed E-state index contributed by atoms with van der Waals surface area (Å²) in [5.41, 5.74) is 1.23. The van der Waals surface area contributed by atoms with E-state index in [9.17, 15) is 0 Å². The van der Waals surface area contributed by atoms with E-state index in [1.54, 1.807) is 0 Å². The summed E-state index contributed by atoms with van der Waals surface area (Å²) in [6.45, 7) is 5.40. The Labute approximate surface area is 107 Å². The lowest BCUT2D eigenvalue weighted by molar-refractivity contribution is 0.413. The van der Waals surface area contributed by atoms with Crippen molar-refractivity contribution in [1.82, 2.24) is 9.88 Å². The van der Waals surface area contributed by atoms with Crippen molar-refractivity contribution in [3.8, 4) is 0 Å². The van der Waals surface area contributed by atoms with Crippen LogP contribution in [0.5, 0.6) is 0 Å². The second kappa shape index (κ2) is 6.86. The lowest BCUT2D eigenvalue weighted by atomic mass is 10.3. The molecule has 1 aromatic heterocycles. The van der Waals surface area contributed by atoms with Gasteiger partial charge in [0.05, 0.1) is 10.2 Å². The molecule has 0 amide bonds. The molecule has 90 valence electrons. The van der Waals surface area contributed by atoms with Crippen molar-refractivity contribution in [2.45, 2.75) is 13.3 Å². The van der Waals surface area contributed by atoms with Gasteiger partial charge in [0.15, 0.2) is 0 Å². The first kappa shape index (κ1) is 13.5. The van der Waals surface area contributed by atoms with E-state index >= 15 is 0 Å². The summed E-state index contributed by atoms with van der Waals surface area (Å²) < 4.78 is 1.07. The smallest absolute Gasteiger partial charge is 0.0592 e. The van der Waals surface area contributed by atoms with Crippen LogP contribution in [0.3, 0.4) is 0 Å². The third kappa shape index (κ3) is 4.10. The first-order valence-electron chi connectivity index (χ1n) is 5.64. The van der Waals surface area contributed by atoms with Gasteiger partial charge in [-0.2, -0.15) is 0 Å². The van der Waals surface area contributed by atoms with Crippen LogP contribution in [0.4, 0.5) is 5.69 Å². The lowest BCUT2D eigenvalue weighted by Gasteiger charge is -2.26. The number of likely N-dealkylation sites (N-methyl/N-ethyl adjacent to an activating group) is 1. The SMILES string of the molecule is CCCN(CCN(C)C)c1ccncc1Br. The van der Waals surface area contributed by atoms with Gasteiger partial charge in [0.2, 0.25) is 0 Å². The molecule has 0 aliphatic carbocycles. The Morgan fingerprint density at radius 1 is 1.25 bits per heavy atom. The minimum Gasteiger partial charge on any atom is -0.369 e. The molecular weight excluding hydrogens is 266 g/mol. The first-order valence-corrected chi connectivity index (χ1v) is 6.43. The molecule has 1 aromatic rings. The number of anilines is 1. The Balaban J connectivity index is 2.73. The zero-order chi connectivity index (χ0) is 12.0. The highest BCUT2D eigenvalue weighted by molar-refractivity contribution is 9.10. The van der Waals surface area contributed by atoms with Gasteiger partial charge in [-0.3, -0.25) is 4.98 Å². The first-order chi connectivity index (χ1) is 7.65. The molecule has 1 heterocycles. The third-order valence-corrected chi connectivity index (χ3v) is 3.01. The van der Waals surface area contributed by atoms with Crippen molar-refractivity contribution in [3.05, 3.63) is 22.9 Å². The van der Waals surface area contributed by atoms with Crippen LogP contribution in [0.25, 0.3) is 0 Å². The maximum Gasteiger partial charge on any atom is 0.0592 e. The fourth-order valence-electron chi connectivity index (χ4n) is 1.57. The summed E-state index contributed by atoms with van der Waals surface area (Å²) in [4.78, 5) is 8.70. The quantitative estimate of drug-likeness (QED) is 0.801. The van der Waals surface area contributed by atoms with E-state index in [2.05, 4.69) is 57.8 Å². The second-order valence-electron chi connectivity index (χ2n) is 4.12. The molecule has 0 saturated heterocycles. The maximum absolute atomic E-state index is 4.10. The van der Waals surface area contributed by atoms with E-state index in [-0.39, 0.29) is 0 Å². The van der Waals surface area contributed by atoms with Crippen molar-refractivity contribution in [2.75, 3.05) is 38.6 Å². The fraction of sp³-hybridized carbons (Fsp3) is 0.583. The van der Waals surface area contributed by atoms with Crippen molar-refractivity contribution >= 4 is 21.6 Å². The average Bonchev–Trinajstić information content (AvgIpc) is 2.25. The van der Waals surface area contributed by atoms with Crippen molar-refractivity contribution < 1.29 is 0 Å². The molecule has 0 atom stereocenters. The fourth-order valence-corrected chi connectivity index (χ4v) is 2.07. The van der Waals surface area contributed by atoms with Gasteiger partial charge in [-0.15, -0.1) is 0 Å². The molecule has 3 nitrogen and oxygen atoms in total. The largest absolute Gasteiger partial charge is 0.369 e. The minimum absolute atomic E-state index is 1.05. The molecule has 0 saturated carbocycles. The normalized spacial score (nSPS) is 10.8. The van der Waals surface area contributed by atoms with Crippen LogP contribution in [-0.2, 0) is 0 Å². The molecule has 0 aliphatic rings. The molecule has 0 fully saturated rings. The molecular formula is C12H20BrN3. The lowest BCUT2D eigenvalue weighted by Crippen LogP contribution is -2.32. The zero-order valence-electron chi connectivity index (χ0n) is 10.3. The predicted octanol–water partition coefficient (Wildman–Crippen LogP) is 2.62. The highest BCUT2D eigenvalue weighted by atomic mass is 79.9. The number of aromatic nitrogens is 1. The average molecular weight is 286 g/mol. The summed E-state index contributed by atoms with van der Waals surface area (Å²) in [5, 5.41) is 0. The molecule has 0 bridgehead atoms. The monoisotopic (exact) mass is 285 g/mol. The number of pyridine rings is 1. The van der Waals surface area contributed by atoms with Gasteiger partial charge >= 0.3 is 0 Å². The molecule has 1 rings (SSSR count). The Morgan fingerprint density at radius 2 is 2.00 bits per heavy atom. The number of rotatable bonds is 6. The molecule has 0 N–H and O–H groups in total. The van der Waals surface area contributed by atoms with E-state index < -0.39 is 0 Å². The van der Waals surface area contributed by atoms with Gasteiger partial charge < -0.3 is 9.80 Å². The van der Waals surface area contributed by atoms with E-state index in [1.165, 1.54) is 5.69 Å². The maximum atomic E-state index is 4.10. The number of hydrogen-bond acceptors (Lipinski definition) is 3. The van der Waals surface area contributed by atoms with Crippen LogP contribution < -0.4 is 4.90 Å². The van der Waals surface area contributed by atoms with Crippen molar-refractivity contribution in [1.29, 1.82) is 0 Å². The Morgan fingerprint density at radius 3 is 2.56 bits per heavy atom. The van der Waals surface area contributed by atoms with Gasteiger partial charge in [0.1, 0.15) is 0 Å². The van der Waals surface area contributed by atoms with E-state index in [1.807, 2.05) is 12.4 Å². The molecule has 0 aromatic carbocycles. The molecule has 0 spiro atoms. The summed E-state index contributed by atoms with van der Waals surface area (Å²) in [6, 6.07) is 2.06. The van der Waals surface area contributed by atoms with Gasteiger partial charge in [-0.25, -0.2) is 0 Å². The summed E-state index contributed by atoms with van der Waals surface area (Å²) in [5.74, 6) is 0. The summed E-state index contributed by atoms with van der Waals surface area (Å²) in [6.07, 6.45) is 4.86. The Hall–Kier alpha value is -0.610. The minimum atomic E-state index is 1.05. The molecule has 0 radical (unpaired) electrons. The Bertz CT molecular complexity index is 315. The van der Waals surface area contributed by atoms with Gasteiger partial charge in [0.25, 0.3) is 0 Å². The highest BCUT2D eigenvalue weighted by Gasteiger charge is 2.08. The Kier molecular flexibility index (Phi) is 5.77. The summed E-state index contributed by atoms with van der Waals surface area (Å²) in [7, 11) is 4.21. The van der Waals surface area contributed by atoms with Gasteiger partial charge in [0, 0.05) is 32.0 Å². The van der Waals surface area contributed by atoms with Crippen LogP contribution in [-0.4, -0.2) is 43.6 Å². The molecule has 0 aliphatic heterocycles. The zero-order valence-corrected chi connectivity index (χ0v) is 11.9. The van der Waals surface area contributed by atoms with Crippen LogP contribution >= 0.6 is 15.9 Å². The molecule has 4 heteroatoms. The van der Waals surface area contributed by atoms with Crippen LogP contribution in [0.15, 0.2) is 22.9 Å². The van der Waals surface area contributed by atoms with Crippen LogP contribution in [0.1, 0.15) is 13.3 Å². The third-order valence-electron chi connectivity index (χ3n) is 2.40. The van der Waals surface area contributed by atoms with Crippen molar-refractivity contribution in [3.63, 3.8) is 0 Å². The van der Waals surface area contributed by atoms with Gasteiger partial charge in [-0.1, -0.05) is 6.92 Å². The second-order valence-corrected chi connectivity index (χ2v) is 4.97. The topological polar surface area (TPSA) is 19.4 Å². The standard InChI is InChI=1S/C12H20BrN3/c1-4-7-16(9-8-15(2)3)12-5-6-14-10-11(12)13/h5-6,10H,4,7-9H2,1-3H3. The predicted molar refractivity (Wildman–Crippen MR) is 73.0 cm³/mol. The van der Waals surface area contributed by atoms with Crippen molar-refractivity contribution in [2.24, 2.45) is 0 Å². The van der Waals surface area contributed by atoms with E-state index in [4.69, 9.17) is 0 Å².